The van der Waals surface area contributed by atoms with Crippen molar-refractivity contribution in [3.63, 3.8) is 0 Å². The van der Waals surface area contributed by atoms with E-state index in [1.54, 1.807) is 14.0 Å². The third-order valence-corrected chi connectivity index (χ3v) is 5.99. The number of piperidine rings is 1. The molecule has 1 fully saturated rings. The number of Topliss-reactive ketones (excluding diaryl/α,β-unsaturated/α-hetero) is 1. The van der Waals surface area contributed by atoms with Gasteiger partial charge in [0.1, 0.15) is 5.75 Å². The van der Waals surface area contributed by atoms with Crippen molar-refractivity contribution in [1.29, 1.82) is 0 Å². The van der Waals surface area contributed by atoms with Gasteiger partial charge in [0, 0.05) is 35.8 Å². The summed E-state index contributed by atoms with van der Waals surface area (Å²) in [6.45, 7) is 5.76. The Kier molecular flexibility index (Phi) is 5.49. The topological polar surface area (TPSA) is 34.5 Å². The van der Waals surface area contributed by atoms with Gasteiger partial charge in [-0.25, -0.2) is 0 Å². The van der Waals surface area contributed by atoms with Crippen LogP contribution in [0.4, 0.5) is 0 Å². The van der Waals surface area contributed by atoms with Gasteiger partial charge in [0.05, 0.1) is 7.11 Å². The fraction of sp³-hybridized carbons (Fsp3) is 0.375. The molecule has 3 aromatic rings. The van der Waals surface area contributed by atoms with Crippen LogP contribution in [0, 0.1) is 0 Å². The minimum Gasteiger partial charge on any atom is -0.496 e. The fourth-order valence-electron chi connectivity index (χ4n) is 4.43. The highest BCUT2D eigenvalue weighted by atomic mass is 16.5. The SMILES string of the molecule is COc1ccccc1C1CCN(CCn2cc(C(C)=O)c3ccccc32)CC1. The summed E-state index contributed by atoms with van der Waals surface area (Å²) in [7, 11) is 1.75. The summed E-state index contributed by atoms with van der Waals surface area (Å²) in [5.74, 6) is 1.72. The summed E-state index contributed by atoms with van der Waals surface area (Å²) in [4.78, 5) is 14.5. The van der Waals surface area contributed by atoms with Crippen molar-refractivity contribution in [3.8, 4) is 5.75 Å². The number of carbonyl (C=O) groups excluding carboxylic acids is 1. The van der Waals surface area contributed by atoms with E-state index in [0.717, 1.165) is 61.2 Å². The molecule has 1 aromatic heterocycles. The molecule has 4 nitrogen and oxygen atoms in total. The number of ether oxygens (including phenoxy) is 1. The average molecular weight is 377 g/mol. The minimum absolute atomic E-state index is 0.132. The standard InChI is InChI=1S/C24H28N2O2/c1-18(27)22-17-26(23-9-5-3-8-21(22)23)16-15-25-13-11-19(12-14-25)20-7-4-6-10-24(20)28-2/h3-10,17,19H,11-16H2,1-2H3. The summed E-state index contributed by atoms with van der Waals surface area (Å²) >= 11 is 0. The molecule has 28 heavy (non-hydrogen) atoms. The van der Waals surface area contributed by atoms with Crippen LogP contribution in [-0.4, -0.2) is 42.0 Å². The Morgan fingerprint density at radius 1 is 1.04 bits per heavy atom. The molecule has 0 amide bonds. The Morgan fingerprint density at radius 3 is 2.50 bits per heavy atom. The van der Waals surface area contributed by atoms with Gasteiger partial charge in [-0.2, -0.15) is 0 Å². The van der Waals surface area contributed by atoms with Crippen LogP contribution in [0.25, 0.3) is 10.9 Å². The number of carbonyl (C=O) groups is 1. The van der Waals surface area contributed by atoms with E-state index in [-0.39, 0.29) is 5.78 Å². The van der Waals surface area contributed by atoms with Crippen molar-refractivity contribution in [2.75, 3.05) is 26.7 Å². The van der Waals surface area contributed by atoms with Crippen molar-refractivity contribution in [2.45, 2.75) is 32.2 Å². The zero-order chi connectivity index (χ0) is 19.5. The van der Waals surface area contributed by atoms with Gasteiger partial charge in [0.2, 0.25) is 0 Å². The monoisotopic (exact) mass is 376 g/mol. The van der Waals surface area contributed by atoms with Crippen LogP contribution in [0.3, 0.4) is 0 Å². The maximum atomic E-state index is 12.0. The predicted molar refractivity (Wildman–Crippen MR) is 113 cm³/mol. The van der Waals surface area contributed by atoms with E-state index in [1.165, 1.54) is 5.56 Å². The van der Waals surface area contributed by atoms with Crippen LogP contribution >= 0.6 is 0 Å². The predicted octanol–water partition coefficient (Wildman–Crippen LogP) is 4.73. The first kappa shape index (κ1) is 18.8. The van der Waals surface area contributed by atoms with E-state index < -0.39 is 0 Å². The van der Waals surface area contributed by atoms with E-state index in [1.807, 2.05) is 30.5 Å². The molecule has 0 aliphatic carbocycles. The molecule has 1 aliphatic heterocycles. The van der Waals surface area contributed by atoms with Crippen LogP contribution in [0.2, 0.25) is 0 Å². The van der Waals surface area contributed by atoms with Crippen molar-refractivity contribution in [1.82, 2.24) is 9.47 Å². The van der Waals surface area contributed by atoms with E-state index in [9.17, 15) is 4.79 Å². The highest BCUT2D eigenvalue weighted by molar-refractivity contribution is 6.06. The molecule has 4 rings (SSSR count). The first-order valence-corrected chi connectivity index (χ1v) is 10.1. The Labute approximate surface area is 166 Å². The molecular weight excluding hydrogens is 348 g/mol. The molecule has 0 saturated carbocycles. The van der Waals surface area contributed by atoms with Crippen molar-refractivity contribution in [2.24, 2.45) is 0 Å². The number of fused-ring (bicyclic) bond motifs is 1. The van der Waals surface area contributed by atoms with Gasteiger partial charge in [0.25, 0.3) is 0 Å². The van der Waals surface area contributed by atoms with Gasteiger partial charge in [-0.15, -0.1) is 0 Å². The number of para-hydroxylation sites is 2. The second-order valence-corrected chi connectivity index (χ2v) is 7.67. The second-order valence-electron chi connectivity index (χ2n) is 7.67. The lowest BCUT2D eigenvalue weighted by Crippen LogP contribution is -2.35. The minimum atomic E-state index is 0.132. The van der Waals surface area contributed by atoms with Gasteiger partial charge in [-0.05, 0) is 56.5 Å². The Hall–Kier alpha value is -2.59. The third kappa shape index (κ3) is 3.69. The summed E-state index contributed by atoms with van der Waals surface area (Å²) < 4.78 is 7.78. The lowest BCUT2D eigenvalue weighted by Gasteiger charge is -2.32. The van der Waals surface area contributed by atoms with Crippen LogP contribution in [0.1, 0.15) is 41.6 Å². The molecule has 2 heterocycles. The molecule has 2 aromatic carbocycles. The highest BCUT2D eigenvalue weighted by Gasteiger charge is 2.23. The van der Waals surface area contributed by atoms with Crippen molar-refractivity contribution < 1.29 is 9.53 Å². The third-order valence-electron chi connectivity index (χ3n) is 5.99. The van der Waals surface area contributed by atoms with Crippen LogP contribution in [-0.2, 0) is 6.54 Å². The number of aromatic nitrogens is 1. The molecule has 1 aliphatic rings. The van der Waals surface area contributed by atoms with Crippen LogP contribution in [0.5, 0.6) is 5.75 Å². The highest BCUT2D eigenvalue weighted by Crippen LogP contribution is 2.34. The Bertz CT molecular complexity index is 968. The second kappa shape index (κ2) is 8.19. The average Bonchev–Trinajstić information content (AvgIpc) is 3.12. The molecule has 1 saturated heterocycles. The molecule has 0 bridgehead atoms. The van der Waals surface area contributed by atoms with Gasteiger partial charge in [-0.3, -0.25) is 4.79 Å². The maximum Gasteiger partial charge on any atom is 0.161 e. The maximum absolute atomic E-state index is 12.0. The van der Waals surface area contributed by atoms with E-state index >= 15 is 0 Å². The Morgan fingerprint density at radius 2 is 1.75 bits per heavy atom. The number of methoxy groups -OCH3 is 1. The Balaban J connectivity index is 1.40. The molecule has 146 valence electrons. The van der Waals surface area contributed by atoms with Crippen LogP contribution in [0.15, 0.2) is 54.7 Å². The quantitative estimate of drug-likeness (QED) is 0.583. The molecular formula is C24H28N2O2. The molecule has 0 radical (unpaired) electrons. The number of benzene rings is 2. The number of ketones is 1. The summed E-state index contributed by atoms with van der Waals surface area (Å²) in [5, 5.41) is 1.06. The van der Waals surface area contributed by atoms with Gasteiger partial charge in [-0.1, -0.05) is 36.4 Å². The molecule has 0 atom stereocenters. The fourth-order valence-corrected chi connectivity index (χ4v) is 4.43. The summed E-state index contributed by atoms with van der Waals surface area (Å²) in [6, 6.07) is 16.6. The van der Waals surface area contributed by atoms with E-state index in [2.05, 4.69) is 33.7 Å². The summed E-state index contributed by atoms with van der Waals surface area (Å²) in [6.07, 6.45) is 4.34. The molecule has 0 N–H and O–H groups in total. The number of hydrogen-bond donors (Lipinski definition) is 0. The lowest BCUT2D eigenvalue weighted by atomic mass is 9.89. The van der Waals surface area contributed by atoms with E-state index in [0.29, 0.717) is 5.92 Å². The number of hydrogen-bond acceptors (Lipinski definition) is 3. The van der Waals surface area contributed by atoms with Crippen molar-refractivity contribution >= 4 is 16.7 Å². The lowest BCUT2D eigenvalue weighted by molar-refractivity contribution is 0.101. The van der Waals surface area contributed by atoms with Gasteiger partial charge in [0.15, 0.2) is 5.78 Å². The van der Waals surface area contributed by atoms with Gasteiger partial charge >= 0.3 is 0 Å². The largest absolute Gasteiger partial charge is 0.496 e. The van der Waals surface area contributed by atoms with Gasteiger partial charge < -0.3 is 14.2 Å². The number of likely N-dealkylation sites (tertiary alicyclic amines) is 1. The van der Waals surface area contributed by atoms with E-state index in [4.69, 9.17) is 4.74 Å². The number of rotatable bonds is 6. The van der Waals surface area contributed by atoms with Crippen molar-refractivity contribution in [3.05, 3.63) is 65.9 Å². The molecule has 0 unspecified atom stereocenters. The zero-order valence-corrected chi connectivity index (χ0v) is 16.7. The first-order valence-electron chi connectivity index (χ1n) is 10.1. The smallest absolute Gasteiger partial charge is 0.161 e. The van der Waals surface area contributed by atoms with Crippen LogP contribution < -0.4 is 4.74 Å². The normalized spacial score (nSPS) is 15.8. The zero-order valence-electron chi connectivity index (χ0n) is 16.7. The summed E-state index contributed by atoms with van der Waals surface area (Å²) in [5.41, 5.74) is 3.31. The molecule has 0 spiro atoms. The first-order chi connectivity index (χ1) is 13.7. The number of nitrogens with zero attached hydrogens (tertiary/aromatic N) is 2. The molecule has 4 heteroatoms.